The Labute approximate surface area is 126 Å². The third-order valence-corrected chi connectivity index (χ3v) is 5.57. The number of sulfonamides is 1. The van der Waals surface area contributed by atoms with Gasteiger partial charge >= 0.3 is 0 Å². The van der Waals surface area contributed by atoms with E-state index in [1.807, 2.05) is 30.3 Å². The molecule has 0 saturated heterocycles. The molecule has 0 bridgehead atoms. The fourth-order valence-corrected chi connectivity index (χ4v) is 4.17. The van der Waals surface area contributed by atoms with Crippen molar-refractivity contribution >= 4 is 15.9 Å². The molecular weight excluding hydrogens is 288 g/mol. The molecule has 0 spiro atoms. The number of hydrogen-bond donors (Lipinski definition) is 1. The average molecular weight is 310 g/mol. The van der Waals surface area contributed by atoms with Crippen molar-refractivity contribution in [3.63, 3.8) is 0 Å². The summed E-state index contributed by atoms with van der Waals surface area (Å²) in [7, 11) is -1.70. The molecule has 1 aliphatic carbocycles. The second kappa shape index (κ2) is 7.04. The fourth-order valence-electron chi connectivity index (χ4n) is 2.67. The first kappa shape index (κ1) is 16.0. The van der Waals surface area contributed by atoms with Gasteiger partial charge in [0.2, 0.25) is 15.9 Å². The maximum absolute atomic E-state index is 12.0. The van der Waals surface area contributed by atoms with E-state index in [-0.39, 0.29) is 6.54 Å². The monoisotopic (exact) mass is 310 g/mol. The number of carbonyl (C=O) groups excluding carboxylic acids is 1. The Hall–Kier alpha value is -1.40. The van der Waals surface area contributed by atoms with Gasteiger partial charge in [-0.1, -0.05) is 43.2 Å². The van der Waals surface area contributed by atoms with Gasteiger partial charge in [0.05, 0.1) is 11.8 Å². The van der Waals surface area contributed by atoms with E-state index in [9.17, 15) is 13.2 Å². The van der Waals surface area contributed by atoms with Gasteiger partial charge in [-0.15, -0.1) is 0 Å². The van der Waals surface area contributed by atoms with Crippen LogP contribution in [0.25, 0.3) is 0 Å². The Balaban J connectivity index is 1.83. The maximum atomic E-state index is 12.0. The molecule has 0 aromatic heterocycles. The lowest BCUT2D eigenvalue weighted by atomic mass is 10.2. The molecule has 2 rings (SSSR count). The number of amides is 1. The summed E-state index contributed by atoms with van der Waals surface area (Å²) in [6.07, 6.45) is 3.16. The fraction of sp³-hybridized carbons (Fsp3) is 0.533. The Kier molecular flexibility index (Phi) is 5.36. The molecular formula is C15H22N2O3S. The van der Waals surface area contributed by atoms with Crippen molar-refractivity contribution < 1.29 is 13.2 Å². The number of carbonyl (C=O) groups is 1. The van der Waals surface area contributed by atoms with Crippen LogP contribution in [0.2, 0.25) is 0 Å². The van der Waals surface area contributed by atoms with E-state index >= 15 is 0 Å². The Morgan fingerprint density at radius 1 is 1.24 bits per heavy atom. The summed E-state index contributed by atoms with van der Waals surface area (Å²) in [6.45, 7) is 0.679. The van der Waals surface area contributed by atoms with Crippen LogP contribution in [0.5, 0.6) is 0 Å². The van der Waals surface area contributed by atoms with Crippen LogP contribution < -0.4 is 4.72 Å². The number of nitrogens with one attached hydrogen (secondary N) is 1. The van der Waals surface area contributed by atoms with Gasteiger partial charge < -0.3 is 0 Å². The van der Waals surface area contributed by atoms with Crippen LogP contribution in [0.4, 0.5) is 0 Å². The second-order valence-electron chi connectivity index (χ2n) is 5.63. The SMILES string of the molecule is CN(CC(=O)NS(=O)(=O)C1CCCC1)Cc1ccccc1. The van der Waals surface area contributed by atoms with E-state index in [0.29, 0.717) is 19.4 Å². The van der Waals surface area contributed by atoms with Crippen molar-refractivity contribution in [3.05, 3.63) is 35.9 Å². The molecule has 1 aliphatic rings. The first-order valence-electron chi connectivity index (χ1n) is 7.24. The minimum atomic E-state index is -3.50. The van der Waals surface area contributed by atoms with Gasteiger partial charge in [-0.05, 0) is 25.5 Å². The molecule has 1 aromatic rings. The lowest BCUT2D eigenvalue weighted by molar-refractivity contribution is -0.120. The average Bonchev–Trinajstić information content (AvgIpc) is 2.93. The van der Waals surface area contributed by atoms with E-state index in [1.165, 1.54) is 0 Å². The molecule has 0 unspecified atom stereocenters. The van der Waals surface area contributed by atoms with E-state index in [1.54, 1.807) is 11.9 Å². The molecule has 21 heavy (non-hydrogen) atoms. The van der Waals surface area contributed by atoms with E-state index in [0.717, 1.165) is 18.4 Å². The van der Waals surface area contributed by atoms with Crippen LogP contribution in [0.3, 0.4) is 0 Å². The minimum Gasteiger partial charge on any atom is -0.293 e. The summed E-state index contributed by atoms with van der Waals surface area (Å²) >= 11 is 0. The van der Waals surface area contributed by atoms with Crippen molar-refractivity contribution in [1.29, 1.82) is 0 Å². The Bertz CT molecular complexity index is 566. The zero-order chi connectivity index (χ0) is 15.3. The van der Waals surface area contributed by atoms with Crippen molar-refractivity contribution in [2.24, 2.45) is 0 Å². The second-order valence-corrected chi connectivity index (χ2v) is 7.60. The van der Waals surface area contributed by atoms with Crippen molar-refractivity contribution in [2.45, 2.75) is 37.5 Å². The first-order valence-corrected chi connectivity index (χ1v) is 8.79. The molecule has 6 heteroatoms. The van der Waals surface area contributed by atoms with Crippen molar-refractivity contribution in [2.75, 3.05) is 13.6 Å². The predicted octanol–water partition coefficient (Wildman–Crippen LogP) is 1.51. The first-order chi connectivity index (χ1) is 9.97. The van der Waals surface area contributed by atoms with E-state index in [2.05, 4.69) is 4.72 Å². The highest BCUT2D eigenvalue weighted by atomic mass is 32.2. The molecule has 1 N–H and O–H groups in total. The van der Waals surface area contributed by atoms with Crippen molar-refractivity contribution in [1.82, 2.24) is 9.62 Å². The Morgan fingerprint density at radius 2 is 1.86 bits per heavy atom. The highest BCUT2D eigenvalue weighted by Gasteiger charge is 2.30. The summed E-state index contributed by atoms with van der Waals surface area (Å²) in [5.74, 6) is -0.458. The van der Waals surface area contributed by atoms with E-state index < -0.39 is 21.2 Å². The summed E-state index contributed by atoms with van der Waals surface area (Å²) in [5.41, 5.74) is 1.09. The molecule has 1 saturated carbocycles. The normalized spacial score (nSPS) is 16.3. The summed E-state index contributed by atoms with van der Waals surface area (Å²) in [4.78, 5) is 13.7. The van der Waals surface area contributed by atoms with Crippen LogP contribution in [0, 0.1) is 0 Å². The van der Waals surface area contributed by atoms with Gasteiger partial charge in [0.25, 0.3) is 0 Å². The number of benzene rings is 1. The van der Waals surface area contributed by atoms with Crippen LogP contribution in [-0.2, 0) is 21.4 Å². The van der Waals surface area contributed by atoms with Crippen molar-refractivity contribution in [3.8, 4) is 0 Å². The standard InChI is InChI=1S/C15H22N2O3S/c1-17(11-13-7-3-2-4-8-13)12-15(18)16-21(19,20)14-9-5-6-10-14/h2-4,7-8,14H,5-6,9-12H2,1H3,(H,16,18). The zero-order valence-corrected chi connectivity index (χ0v) is 13.1. The van der Waals surface area contributed by atoms with Crippen LogP contribution in [-0.4, -0.2) is 38.1 Å². The molecule has 1 amide bonds. The van der Waals surface area contributed by atoms with E-state index in [4.69, 9.17) is 0 Å². The van der Waals surface area contributed by atoms with Crippen LogP contribution in [0.15, 0.2) is 30.3 Å². The van der Waals surface area contributed by atoms with Gasteiger partial charge in [-0.3, -0.25) is 14.4 Å². The molecule has 1 fully saturated rings. The lowest BCUT2D eigenvalue weighted by Crippen LogP contribution is -2.42. The molecule has 0 atom stereocenters. The highest BCUT2D eigenvalue weighted by Crippen LogP contribution is 2.23. The lowest BCUT2D eigenvalue weighted by Gasteiger charge is -2.17. The van der Waals surface area contributed by atoms with Gasteiger partial charge in [0.15, 0.2) is 0 Å². The van der Waals surface area contributed by atoms with Gasteiger partial charge in [-0.25, -0.2) is 8.42 Å². The quantitative estimate of drug-likeness (QED) is 0.865. The molecule has 1 aromatic carbocycles. The number of likely N-dealkylation sites (N-methyl/N-ethyl adjacent to an activating group) is 1. The predicted molar refractivity (Wildman–Crippen MR) is 82.1 cm³/mol. The number of rotatable bonds is 6. The van der Waals surface area contributed by atoms with Gasteiger partial charge in [-0.2, -0.15) is 0 Å². The molecule has 0 heterocycles. The summed E-state index contributed by atoms with van der Waals surface area (Å²) < 4.78 is 26.3. The third-order valence-electron chi connectivity index (χ3n) is 3.71. The smallest absolute Gasteiger partial charge is 0.247 e. The van der Waals surface area contributed by atoms with Gasteiger partial charge in [0, 0.05) is 6.54 Å². The van der Waals surface area contributed by atoms with Gasteiger partial charge in [0.1, 0.15) is 0 Å². The minimum absolute atomic E-state index is 0.0703. The number of nitrogens with zero attached hydrogens (tertiary/aromatic N) is 1. The molecule has 0 aliphatic heterocycles. The molecule has 0 radical (unpaired) electrons. The summed E-state index contributed by atoms with van der Waals surface area (Å²) in [5, 5.41) is -0.402. The number of hydrogen-bond acceptors (Lipinski definition) is 4. The zero-order valence-electron chi connectivity index (χ0n) is 12.3. The molecule has 5 nitrogen and oxygen atoms in total. The maximum Gasteiger partial charge on any atom is 0.247 e. The molecule has 116 valence electrons. The Morgan fingerprint density at radius 3 is 2.48 bits per heavy atom. The van der Waals surface area contributed by atoms with Crippen LogP contribution in [0.1, 0.15) is 31.2 Å². The third kappa shape index (κ3) is 4.82. The van der Waals surface area contributed by atoms with Crippen LogP contribution >= 0.6 is 0 Å². The summed E-state index contributed by atoms with van der Waals surface area (Å²) in [6, 6.07) is 9.76. The highest BCUT2D eigenvalue weighted by molar-refractivity contribution is 7.90. The largest absolute Gasteiger partial charge is 0.293 e. The topological polar surface area (TPSA) is 66.5 Å².